The average molecular weight is 704 g/mol. The molecule has 1 fully saturated rings. The molecular formula is C36H51ClFN5O6. The summed E-state index contributed by atoms with van der Waals surface area (Å²) in [6.45, 7) is 9.98. The zero-order chi connectivity index (χ0) is 35.6. The fraction of sp³-hybridized carbons (Fsp3) is 0.556. The third-order valence-corrected chi connectivity index (χ3v) is 8.57. The number of halogens is 2. The number of likely N-dealkylation sites (N-methyl/N-ethyl adjacent to an activating group) is 1. The molecule has 0 spiro atoms. The number of Topliss-reactive ketones (excluding diaryl/α,β-unsaturated/α-hetero) is 1. The lowest BCUT2D eigenvalue weighted by molar-refractivity contribution is -0.139. The molecule has 2 aromatic rings. The van der Waals surface area contributed by atoms with Crippen LogP contribution >= 0.6 is 11.6 Å². The second-order valence-corrected chi connectivity index (χ2v) is 13.0. The number of rotatable bonds is 20. The van der Waals surface area contributed by atoms with E-state index in [0.717, 1.165) is 37.1 Å². The van der Waals surface area contributed by atoms with Gasteiger partial charge in [-0.25, -0.2) is 4.39 Å². The lowest BCUT2D eigenvalue weighted by atomic mass is 10.0. The second-order valence-electron chi connectivity index (χ2n) is 12.6. The Bertz CT molecular complexity index is 1390. The zero-order valence-electron chi connectivity index (χ0n) is 29.0. The molecule has 11 nitrogen and oxygen atoms in total. The largest absolute Gasteiger partial charge is 0.379 e. The lowest BCUT2D eigenvalue weighted by Gasteiger charge is -2.27. The minimum Gasteiger partial charge on any atom is -0.379 e. The summed E-state index contributed by atoms with van der Waals surface area (Å²) in [6.07, 6.45) is 4.45. The number of ether oxygens (including phenoxy) is 2. The van der Waals surface area contributed by atoms with Crippen LogP contribution in [0.25, 0.3) is 0 Å². The smallest absolute Gasteiger partial charge is 0.309 e. The van der Waals surface area contributed by atoms with Crippen LogP contribution in [-0.2, 0) is 36.9 Å². The van der Waals surface area contributed by atoms with Gasteiger partial charge >= 0.3 is 11.8 Å². The summed E-state index contributed by atoms with van der Waals surface area (Å²) in [6, 6.07) is 9.29. The number of hydrogen-bond donors (Lipinski definition) is 3. The Labute approximate surface area is 294 Å². The number of benzene rings is 2. The highest BCUT2D eigenvalue weighted by Gasteiger charge is 2.18. The number of anilines is 1. The molecule has 0 bridgehead atoms. The quantitative estimate of drug-likeness (QED) is 0.137. The van der Waals surface area contributed by atoms with Crippen molar-refractivity contribution in [3.8, 4) is 0 Å². The Morgan fingerprint density at radius 1 is 0.898 bits per heavy atom. The van der Waals surface area contributed by atoms with Gasteiger partial charge in [0.2, 0.25) is 0 Å². The standard InChI is InChI=1S/C36H51ClFN5O6/c1-26(2)33(44)12-18-48-20-21-49-19-17-42(3)14-7-13-39-35(46)36(47)40-24-28-9-8-27(22-29(28)25-43-15-5-4-6-16-43)34(45)41-30-10-11-31(37)32(38)23-30/h8-11,22-23,26H,4-7,12-21,24-25H2,1-3H3,(H,39,46)(H,40,47)(H,41,45). The SMILES string of the molecule is CC(C)C(=O)CCOCCOCCN(C)CCCNC(=O)C(=O)NCc1ccc(C(=O)Nc2ccc(Cl)c(F)c2)cc1CN1CCCCC1. The van der Waals surface area contributed by atoms with Crippen LogP contribution in [0.4, 0.5) is 10.1 Å². The number of carbonyl (C=O) groups excluding carboxylic acids is 4. The van der Waals surface area contributed by atoms with E-state index in [2.05, 4.69) is 25.8 Å². The molecular weight excluding hydrogens is 653 g/mol. The summed E-state index contributed by atoms with van der Waals surface area (Å²) in [5.74, 6) is -2.23. The van der Waals surface area contributed by atoms with Gasteiger partial charge in [-0.3, -0.25) is 24.1 Å². The minimum absolute atomic E-state index is 0.0279. The average Bonchev–Trinajstić information content (AvgIpc) is 3.08. The molecule has 0 aromatic heterocycles. The molecule has 3 amide bonds. The first-order valence-corrected chi connectivity index (χ1v) is 17.4. The molecule has 3 rings (SSSR count). The van der Waals surface area contributed by atoms with Gasteiger partial charge in [-0.05, 0) is 87.4 Å². The Hall–Kier alpha value is -3.42. The van der Waals surface area contributed by atoms with E-state index in [1.54, 1.807) is 18.2 Å². The van der Waals surface area contributed by atoms with E-state index in [0.29, 0.717) is 71.0 Å². The molecule has 0 radical (unpaired) electrons. The van der Waals surface area contributed by atoms with Crippen LogP contribution < -0.4 is 16.0 Å². The first-order chi connectivity index (χ1) is 23.5. The number of nitrogens with zero attached hydrogens (tertiary/aromatic N) is 2. The molecule has 1 saturated heterocycles. The maximum Gasteiger partial charge on any atom is 0.309 e. The van der Waals surface area contributed by atoms with Gasteiger partial charge in [-0.2, -0.15) is 0 Å². The Morgan fingerprint density at radius 2 is 1.61 bits per heavy atom. The molecule has 1 heterocycles. The van der Waals surface area contributed by atoms with Crippen molar-refractivity contribution in [1.29, 1.82) is 0 Å². The number of piperidine rings is 1. The fourth-order valence-electron chi connectivity index (χ4n) is 5.22. The van der Waals surface area contributed by atoms with E-state index in [1.165, 1.54) is 24.6 Å². The maximum atomic E-state index is 13.9. The Morgan fingerprint density at radius 3 is 2.33 bits per heavy atom. The van der Waals surface area contributed by atoms with Crippen molar-refractivity contribution in [2.45, 2.75) is 59.0 Å². The van der Waals surface area contributed by atoms with Gasteiger partial charge in [0, 0.05) is 49.8 Å². The molecule has 0 unspecified atom stereocenters. The first-order valence-electron chi connectivity index (χ1n) is 17.1. The minimum atomic E-state index is -0.729. The third-order valence-electron chi connectivity index (χ3n) is 8.26. The second kappa shape index (κ2) is 21.6. The molecule has 2 aromatic carbocycles. The molecule has 1 aliphatic heterocycles. The lowest BCUT2D eigenvalue weighted by Crippen LogP contribution is -2.40. The molecule has 1 aliphatic rings. The zero-order valence-corrected chi connectivity index (χ0v) is 29.7. The molecule has 270 valence electrons. The molecule has 0 aliphatic carbocycles. The van der Waals surface area contributed by atoms with E-state index in [4.69, 9.17) is 21.1 Å². The summed E-state index contributed by atoms with van der Waals surface area (Å²) < 4.78 is 24.9. The van der Waals surface area contributed by atoms with Crippen molar-refractivity contribution in [3.63, 3.8) is 0 Å². The van der Waals surface area contributed by atoms with E-state index < -0.39 is 23.5 Å². The maximum absolute atomic E-state index is 13.9. The number of hydrogen-bond acceptors (Lipinski definition) is 8. The van der Waals surface area contributed by atoms with Crippen LogP contribution in [0.1, 0.15) is 67.4 Å². The highest BCUT2D eigenvalue weighted by atomic mass is 35.5. The number of ketones is 1. The van der Waals surface area contributed by atoms with Crippen molar-refractivity contribution < 1.29 is 33.0 Å². The van der Waals surface area contributed by atoms with Gasteiger partial charge in [0.25, 0.3) is 5.91 Å². The molecule has 13 heteroatoms. The van der Waals surface area contributed by atoms with Crippen molar-refractivity contribution in [1.82, 2.24) is 20.4 Å². The van der Waals surface area contributed by atoms with E-state index in [-0.39, 0.29) is 29.0 Å². The van der Waals surface area contributed by atoms with Crippen LogP contribution in [-0.4, -0.2) is 99.5 Å². The predicted molar refractivity (Wildman–Crippen MR) is 188 cm³/mol. The summed E-state index contributed by atoms with van der Waals surface area (Å²) in [7, 11) is 1.96. The number of carbonyl (C=O) groups is 4. The van der Waals surface area contributed by atoms with Crippen molar-refractivity contribution in [2.75, 3.05) is 71.5 Å². The first kappa shape index (κ1) is 40.0. The predicted octanol–water partition coefficient (Wildman–Crippen LogP) is 4.42. The van der Waals surface area contributed by atoms with Gasteiger partial charge < -0.3 is 30.3 Å². The van der Waals surface area contributed by atoms with Crippen LogP contribution in [0.3, 0.4) is 0 Å². The van der Waals surface area contributed by atoms with Gasteiger partial charge in [-0.1, -0.05) is 37.9 Å². The Balaban J connectivity index is 1.39. The highest BCUT2D eigenvalue weighted by Crippen LogP contribution is 2.21. The number of amides is 3. The van der Waals surface area contributed by atoms with Crippen LogP contribution in [0.5, 0.6) is 0 Å². The van der Waals surface area contributed by atoms with E-state index >= 15 is 0 Å². The molecule has 3 N–H and O–H groups in total. The highest BCUT2D eigenvalue weighted by molar-refractivity contribution is 6.35. The van der Waals surface area contributed by atoms with Crippen LogP contribution in [0, 0.1) is 11.7 Å². The van der Waals surface area contributed by atoms with Crippen LogP contribution in [0.2, 0.25) is 5.02 Å². The summed E-state index contributed by atoms with van der Waals surface area (Å²) in [4.78, 5) is 54.1. The van der Waals surface area contributed by atoms with Gasteiger partial charge in [0.15, 0.2) is 0 Å². The van der Waals surface area contributed by atoms with E-state index in [9.17, 15) is 23.6 Å². The number of likely N-dealkylation sites (tertiary alicyclic amines) is 1. The van der Waals surface area contributed by atoms with Gasteiger partial charge in [0.05, 0.1) is 31.5 Å². The third kappa shape index (κ3) is 14.9. The molecule has 0 saturated carbocycles. The Kier molecular flexibility index (Phi) is 17.7. The monoisotopic (exact) mass is 703 g/mol. The summed E-state index contributed by atoms with van der Waals surface area (Å²) in [5.41, 5.74) is 2.36. The topological polar surface area (TPSA) is 129 Å². The molecule has 49 heavy (non-hydrogen) atoms. The van der Waals surface area contributed by atoms with Crippen molar-refractivity contribution in [3.05, 3.63) is 63.9 Å². The van der Waals surface area contributed by atoms with Crippen molar-refractivity contribution in [2.24, 2.45) is 5.92 Å². The van der Waals surface area contributed by atoms with Crippen molar-refractivity contribution >= 4 is 40.8 Å². The van der Waals surface area contributed by atoms with Crippen LogP contribution in [0.15, 0.2) is 36.4 Å². The van der Waals surface area contributed by atoms with E-state index in [1.807, 2.05) is 20.9 Å². The fourth-order valence-corrected chi connectivity index (χ4v) is 5.34. The summed E-state index contributed by atoms with van der Waals surface area (Å²) in [5, 5.41) is 8.06. The number of nitrogens with one attached hydrogen (secondary N) is 3. The van der Waals surface area contributed by atoms with Gasteiger partial charge in [0.1, 0.15) is 11.6 Å². The normalized spacial score (nSPS) is 13.4. The summed E-state index contributed by atoms with van der Waals surface area (Å²) >= 11 is 5.76. The molecule has 0 atom stereocenters. The van der Waals surface area contributed by atoms with Gasteiger partial charge in [-0.15, -0.1) is 0 Å².